The minimum absolute atomic E-state index is 0.221. The Morgan fingerprint density at radius 3 is 2.65 bits per heavy atom. The number of hydrogen-bond acceptors (Lipinski definition) is 5. The van der Waals surface area contributed by atoms with Crippen molar-refractivity contribution in [3.63, 3.8) is 0 Å². The minimum atomic E-state index is -0.974. The third kappa shape index (κ3) is 6.02. The average Bonchev–Trinajstić information content (AvgIpc) is 2.89. The van der Waals surface area contributed by atoms with E-state index in [-0.39, 0.29) is 12.8 Å². The van der Waals surface area contributed by atoms with Crippen molar-refractivity contribution in [2.45, 2.75) is 31.8 Å². The molecule has 37 heavy (non-hydrogen) atoms. The number of rotatable bonds is 7. The molecular weight excluding hydrogens is 502 g/mol. The third-order valence-electron chi connectivity index (χ3n) is 7.02. The van der Waals surface area contributed by atoms with Gasteiger partial charge in [0.15, 0.2) is 11.6 Å². The van der Waals surface area contributed by atoms with Crippen LogP contribution in [0.5, 0.6) is 5.75 Å². The molecule has 0 radical (unpaired) electrons. The van der Waals surface area contributed by atoms with Crippen LogP contribution in [0.3, 0.4) is 0 Å². The molecule has 2 aromatic carbocycles. The summed E-state index contributed by atoms with van der Waals surface area (Å²) in [5.41, 5.74) is 0.573. The lowest BCUT2D eigenvalue weighted by Crippen LogP contribution is -2.44. The van der Waals surface area contributed by atoms with Crippen LogP contribution >= 0.6 is 11.6 Å². The Morgan fingerprint density at radius 1 is 1.22 bits per heavy atom. The van der Waals surface area contributed by atoms with Crippen LogP contribution in [-0.4, -0.2) is 52.8 Å². The van der Waals surface area contributed by atoms with E-state index < -0.39 is 29.1 Å². The van der Waals surface area contributed by atoms with E-state index in [1.165, 1.54) is 12.3 Å². The number of aliphatic hydroxyl groups is 1. The number of hydrogen-bond donors (Lipinski definition) is 2. The summed E-state index contributed by atoms with van der Waals surface area (Å²) in [7, 11) is 1.55. The first kappa shape index (κ1) is 26.8. The summed E-state index contributed by atoms with van der Waals surface area (Å²) in [4.78, 5) is 18.6. The van der Waals surface area contributed by atoms with Gasteiger partial charge in [0.1, 0.15) is 5.75 Å². The van der Waals surface area contributed by atoms with Crippen molar-refractivity contribution in [3.05, 3.63) is 70.4 Å². The van der Waals surface area contributed by atoms with Gasteiger partial charge in [0.05, 0.1) is 35.7 Å². The van der Waals surface area contributed by atoms with Crippen molar-refractivity contribution in [1.82, 2.24) is 9.88 Å². The molecule has 2 N–H and O–H groups in total. The molecule has 1 fully saturated rings. The molecule has 9 heteroatoms. The number of halogens is 3. The van der Waals surface area contributed by atoms with Crippen LogP contribution in [0, 0.1) is 28.9 Å². The molecule has 0 aliphatic carbocycles. The molecule has 2 heterocycles. The molecule has 0 spiro atoms. The smallest absolute Gasteiger partial charge is 0.309 e. The van der Waals surface area contributed by atoms with Crippen LogP contribution in [0.15, 0.2) is 42.6 Å². The number of aromatic nitrogens is 1. The van der Waals surface area contributed by atoms with Gasteiger partial charge in [0.25, 0.3) is 0 Å². The fourth-order valence-electron chi connectivity index (χ4n) is 4.73. The Balaban J connectivity index is 1.41. The third-order valence-corrected chi connectivity index (χ3v) is 7.32. The van der Waals surface area contributed by atoms with Crippen molar-refractivity contribution in [2.24, 2.45) is 5.41 Å². The lowest BCUT2D eigenvalue weighted by atomic mass is 9.74. The molecule has 3 aromatic rings. The Bertz CT molecular complexity index is 1360. The number of aliphatic carboxylic acids is 1. The standard InChI is InChI=1S/C28H27ClF2N2O4/c1-37-19-5-7-24-20(16-19)26(21(29)17-32-24)25(34)8-9-28(27(35)36)10-13-33(14-11-28)12-2-3-18-4-6-22(30)23(31)15-18/h4-7,15-17,25,34H,8-14H2,1H3,(H,35,36). The van der Waals surface area contributed by atoms with Crippen LogP contribution < -0.4 is 4.74 Å². The molecule has 0 bridgehead atoms. The summed E-state index contributed by atoms with van der Waals surface area (Å²) in [5, 5.41) is 22.1. The summed E-state index contributed by atoms with van der Waals surface area (Å²) < 4.78 is 31.7. The van der Waals surface area contributed by atoms with Crippen LogP contribution in [-0.2, 0) is 4.79 Å². The maximum absolute atomic E-state index is 13.4. The fraction of sp³-hybridized carbons (Fsp3) is 0.357. The Kier molecular flexibility index (Phi) is 8.28. The highest BCUT2D eigenvalue weighted by Gasteiger charge is 2.41. The van der Waals surface area contributed by atoms with Gasteiger partial charge >= 0.3 is 5.97 Å². The Hall–Kier alpha value is -3.25. The van der Waals surface area contributed by atoms with Crippen molar-refractivity contribution < 1.29 is 28.5 Å². The van der Waals surface area contributed by atoms with E-state index in [4.69, 9.17) is 16.3 Å². The number of aliphatic hydroxyl groups excluding tert-OH is 1. The number of nitrogens with zero attached hydrogens (tertiary/aromatic N) is 2. The van der Waals surface area contributed by atoms with Gasteiger partial charge in [-0.25, -0.2) is 8.78 Å². The van der Waals surface area contributed by atoms with Gasteiger partial charge < -0.3 is 14.9 Å². The van der Waals surface area contributed by atoms with Gasteiger partial charge in [0.2, 0.25) is 0 Å². The van der Waals surface area contributed by atoms with Gasteiger partial charge in [-0.1, -0.05) is 23.4 Å². The second kappa shape index (κ2) is 11.4. The fourth-order valence-corrected chi connectivity index (χ4v) is 5.00. The molecule has 1 aliphatic rings. The number of benzene rings is 2. The molecule has 6 nitrogen and oxygen atoms in total. The van der Waals surface area contributed by atoms with Gasteiger partial charge in [-0.15, -0.1) is 0 Å². The highest BCUT2D eigenvalue weighted by molar-refractivity contribution is 6.32. The van der Waals surface area contributed by atoms with Gasteiger partial charge in [-0.2, -0.15) is 0 Å². The topological polar surface area (TPSA) is 82.9 Å². The van der Waals surface area contributed by atoms with Gasteiger partial charge in [-0.3, -0.25) is 14.7 Å². The second-order valence-corrected chi connectivity index (χ2v) is 9.66. The average molecular weight is 529 g/mol. The van der Waals surface area contributed by atoms with Gasteiger partial charge in [0, 0.05) is 35.8 Å². The lowest BCUT2D eigenvalue weighted by Gasteiger charge is -2.38. The summed E-state index contributed by atoms with van der Waals surface area (Å²) in [5.74, 6) is 3.61. The first-order valence-corrected chi connectivity index (χ1v) is 12.3. The summed E-state index contributed by atoms with van der Waals surface area (Å²) in [6, 6.07) is 8.82. The summed E-state index contributed by atoms with van der Waals surface area (Å²) in [6.07, 6.45) is 1.82. The second-order valence-electron chi connectivity index (χ2n) is 9.25. The predicted octanol–water partition coefficient (Wildman–Crippen LogP) is 5.21. The van der Waals surface area contributed by atoms with Crippen LogP contribution in [0.2, 0.25) is 5.02 Å². The molecular formula is C28H27ClF2N2O4. The number of pyridine rings is 1. The molecule has 0 amide bonds. The van der Waals surface area contributed by atoms with E-state index in [1.54, 1.807) is 25.3 Å². The first-order valence-electron chi connectivity index (χ1n) is 11.9. The summed E-state index contributed by atoms with van der Waals surface area (Å²) >= 11 is 6.40. The molecule has 1 aliphatic heterocycles. The molecule has 194 valence electrons. The maximum Gasteiger partial charge on any atom is 0.309 e. The summed E-state index contributed by atoms with van der Waals surface area (Å²) in [6.45, 7) is 1.42. The van der Waals surface area contributed by atoms with E-state index in [1.807, 2.05) is 4.90 Å². The monoisotopic (exact) mass is 528 g/mol. The zero-order chi connectivity index (χ0) is 26.6. The molecule has 0 saturated carbocycles. The molecule has 1 aromatic heterocycles. The number of carboxylic acid groups (broad SMARTS) is 1. The molecule has 1 atom stereocenters. The molecule has 1 unspecified atom stereocenters. The molecule has 4 rings (SSSR count). The predicted molar refractivity (Wildman–Crippen MR) is 136 cm³/mol. The lowest BCUT2D eigenvalue weighted by molar-refractivity contribution is -0.153. The van der Waals surface area contributed by atoms with Crippen LogP contribution in [0.1, 0.15) is 42.9 Å². The maximum atomic E-state index is 13.4. The zero-order valence-electron chi connectivity index (χ0n) is 20.3. The highest BCUT2D eigenvalue weighted by atomic mass is 35.5. The van der Waals surface area contributed by atoms with Crippen LogP contribution in [0.25, 0.3) is 10.9 Å². The highest BCUT2D eigenvalue weighted by Crippen LogP contribution is 2.41. The van der Waals surface area contributed by atoms with Crippen molar-refractivity contribution in [2.75, 3.05) is 26.7 Å². The van der Waals surface area contributed by atoms with Crippen LogP contribution in [0.4, 0.5) is 8.78 Å². The van der Waals surface area contributed by atoms with E-state index in [0.29, 0.717) is 65.3 Å². The number of methoxy groups -OCH3 is 1. The van der Waals surface area contributed by atoms with Crippen molar-refractivity contribution in [3.8, 4) is 17.6 Å². The normalized spacial score (nSPS) is 16.1. The van der Waals surface area contributed by atoms with Crippen molar-refractivity contribution in [1.29, 1.82) is 0 Å². The van der Waals surface area contributed by atoms with E-state index >= 15 is 0 Å². The van der Waals surface area contributed by atoms with Crippen molar-refractivity contribution >= 4 is 28.5 Å². The Morgan fingerprint density at radius 2 is 1.97 bits per heavy atom. The zero-order valence-corrected chi connectivity index (χ0v) is 21.1. The quantitative estimate of drug-likeness (QED) is 0.410. The Labute approximate surface area is 218 Å². The number of fused-ring (bicyclic) bond motifs is 1. The number of ether oxygens (including phenoxy) is 1. The number of likely N-dealkylation sites (tertiary alicyclic amines) is 1. The van der Waals surface area contributed by atoms with E-state index in [9.17, 15) is 23.8 Å². The first-order chi connectivity index (χ1) is 17.7. The van der Waals surface area contributed by atoms with Gasteiger partial charge in [-0.05, 0) is 62.1 Å². The molecule has 1 saturated heterocycles. The largest absolute Gasteiger partial charge is 0.497 e. The van der Waals surface area contributed by atoms with E-state index in [2.05, 4.69) is 16.8 Å². The minimum Gasteiger partial charge on any atom is -0.497 e. The SMILES string of the molecule is COc1ccc2ncc(Cl)c(C(O)CCC3(C(=O)O)CCN(CC#Cc4ccc(F)c(F)c4)CC3)c2c1. The number of carbonyl (C=O) groups is 1. The number of piperidine rings is 1. The number of carboxylic acids is 1. The van der Waals surface area contributed by atoms with E-state index in [0.717, 1.165) is 12.1 Å².